The maximum Gasteiger partial charge on any atom is 0.453 e. The quantitative estimate of drug-likeness (QED) is 0.114. The number of nitrogens with zero attached hydrogens (tertiary/aromatic N) is 1. The summed E-state index contributed by atoms with van der Waals surface area (Å²) in [6, 6.07) is 0. The van der Waals surface area contributed by atoms with Crippen LogP contribution in [0.3, 0.4) is 0 Å². The van der Waals surface area contributed by atoms with Gasteiger partial charge in [0.1, 0.15) is 5.78 Å². The predicted molar refractivity (Wildman–Crippen MR) is 109 cm³/mol. The predicted octanol–water partition coefficient (Wildman–Crippen LogP) is -6.46. The second-order valence-electron chi connectivity index (χ2n) is 9.43. The molecule has 2 heterocycles. The Kier molecular flexibility index (Phi) is 6.74. The molecule has 1 aromatic rings. The van der Waals surface area contributed by atoms with Crippen molar-refractivity contribution in [1.29, 1.82) is 0 Å². The summed E-state index contributed by atoms with van der Waals surface area (Å²) in [5.74, 6) is -23.9. The highest BCUT2D eigenvalue weighted by atomic mass is 16.9. The molecule has 19 heteroatoms. The fraction of sp³-hybridized carbons (Fsp3) is 0.632. The number of piperidine rings is 1. The molecule has 0 saturated carbocycles. The van der Waals surface area contributed by atoms with Crippen molar-refractivity contribution in [1.82, 2.24) is 4.90 Å². The molecule has 2 aliphatic heterocycles. The molecule has 38 heavy (non-hydrogen) atoms. The zero-order chi connectivity index (χ0) is 29.6. The number of rotatable bonds is 6. The molecule has 1 aromatic carbocycles. The number of hydrogen-bond donors (Lipinski definition) is 15. The van der Waals surface area contributed by atoms with Crippen LogP contribution < -0.4 is 9.47 Å². The Balaban J connectivity index is 2.50. The van der Waals surface area contributed by atoms with E-state index in [1.54, 1.807) is 0 Å². The van der Waals surface area contributed by atoms with E-state index in [0.717, 1.165) is 0 Å². The van der Waals surface area contributed by atoms with Crippen molar-refractivity contribution in [2.75, 3.05) is 0 Å². The number of aromatic hydroxyl groups is 2. The molecule has 0 radical (unpaired) electrons. The van der Waals surface area contributed by atoms with Gasteiger partial charge in [-0.3, -0.25) is 4.79 Å². The minimum atomic E-state index is -4.47. The van der Waals surface area contributed by atoms with Gasteiger partial charge in [-0.15, -0.1) is 0 Å². The van der Waals surface area contributed by atoms with Crippen LogP contribution in [-0.4, -0.2) is 111 Å². The molecule has 1 fully saturated rings. The van der Waals surface area contributed by atoms with Crippen molar-refractivity contribution in [2.24, 2.45) is 11.8 Å². The number of benzene rings is 1. The van der Waals surface area contributed by atoms with Gasteiger partial charge in [-0.05, 0) is 12.3 Å². The molecule has 19 nitrogen and oxygen atoms in total. The second kappa shape index (κ2) is 8.51. The summed E-state index contributed by atoms with van der Waals surface area (Å²) in [6.45, 7) is 3.04. The molecule has 2 aliphatic rings. The zero-order valence-corrected chi connectivity index (χ0v) is 19.4. The van der Waals surface area contributed by atoms with Crippen molar-refractivity contribution < 1.29 is 90.9 Å². The molecular weight excluding hydrogens is 530 g/mol. The molecule has 2 atom stereocenters. The number of phenols is 2. The highest BCUT2D eigenvalue weighted by Gasteiger charge is 2.76. The number of aliphatic hydroxyl groups is 13. The van der Waals surface area contributed by atoms with Gasteiger partial charge in [-0.2, -0.15) is 4.90 Å². The van der Waals surface area contributed by atoms with Crippen molar-refractivity contribution >= 4 is 5.78 Å². The lowest BCUT2D eigenvalue weighted by molar-refractivity contribution is -0.525. The highest BCUT2D eigenvalue weighted by molar-refractivity contribution is 5.85. The number of carbonyl (C=O) groups is 1. The topological polar surface area (TPSA) is 342 Å². The Labute approximate surface area is 210 Å². The van der Waals surface area contributed by atoms with E-state index in [9.17, 15) is 66.1 Å². The molecule has 0 spiro atoms. The van der Waals surface area contributed by atoms with Crippen LogP contribution in [0.4, 0.5) is 0 Å². The third kappa shape index (κ3) is 4.43. The maximum absolute atomic E-state index is 12.9. The van der Waals surface area contributed by atoms with Gasteiger partial charge in [0.05, 0.1) is 23.5 Å². The summed E-state index contributed by atoms with van der Waals surface area (Å²) in [4.78, 5) is 12.3. The van der Waals surface area contributed by atoms with Crippen LogP contribution in [0.1, 0.15) is 37.8 Å². The van der Waals surface area contributed by atoms with Gasteiger partial charge in [0.15, 0.2) is 17.2 Å². The third-order valence-corrected chi connectivity index (χ3v) is 6.05. The fourth-order valence-corrected chi connectivity index (χ4v) is 4.73. The van der Waals surface area contributed by atoms with Gasteiger partial charge < -0.3 is 86.1 Å². The van der Waals surface area contributed by atoms with E-state index in [0.29, 0.717) is 0 Å². The summed E-state index contributed by atoms with van der Waals surface area (Å²) in [6.07, 6.45) is -10.4. The highest BCUT2D eigenvalue weighted by Crippen LogP contribution is 2.63. The molecule has 216 valence electrons. The van der Waals surface area contributed by atoms with Crippen molar-refractivity contribution in [3.63, 3.8) is 0 Å². The second-order valence-corrected chi connectivity index (χ2v) is 9.43. The first-order valence-electron chi connectivity index (χ1n) is 10.6. The number of ketones is 1. The first kappa shape index (κ1) is 30.1. The first-order valence-corrected chi connectivity index (χ1v) is 10.6. The Bertz CT molecular complexity index is 1130. The van der Waals surface area contributed by atoms with Crippen molar-refractivity contribution in [3.8, 4) is 23.0 Å². The number of phenolic OH excluding ortho intramolecular Hbond substituents is 2. The van der Waals surface area contributed by atoms with E-state index in [4.69, 9.17) is 15.3 Å². The number of Topliss-reactive ketones (excluding diaryl/α,β-unsaturated/α-hetero) is 1. The van der Waals surface area contributed by atoms with Crippen LogP contribution >= 0.6 is 0 Å². The summed E-state index contributed by atoms with van der Waals surface area (Å²) in [5.41, 5.74) is -7.05. The molecule has 0 bridgehead atoms. The Hall–Kier alpha value is -2.47. The van der Waals surface area contributed by atoms with E-state index in [1.807, 2.05) is 0 Å². The van der Waals surface area contributed by atoms with Gasteiger partial charge in [-0.1, -0.05) is 13.8 Å². The SMILES string of the molecule is CC(C)CC1C(=O)CC2(O)c3c(O)c(OC(O)(O)O)c(OC(O)(O)O)c(O)c3C(O)(O)C(O)(O)N2C1(O)O. The van der Waals surface area contributed by atoms with Gasteiger partial charge in [0.2, 0.25) is 17.4 Å². The molecular formula is C19H27NO18. The van der Waals surface area contributed by atoms with Crippen LogP contribution in [0.15, 0.2) is 0 Å². The van der Waals surface area contributed by atoms with Gasteiger partial charge in [-0.25, -0.2) is 0 Å². The molecule has 3 rings (SSSR count). The summed E-state index contributed by atoms with van der Waals surface area (Å²) >= 11 is 0. The Morgan fingerprint density at radius 2 is 1.26 bits per heavy atom. The van der Waals surface area contributed by atoms with E-state index >= 15 is 0 Å². The average molecular weight is 557 g/mol. The van der Waals surface area contributed by atoms with E-state index in [2.05, 4.69) is 9.47 Å². The van der Waals surface area contributed by atoms with Crippen LogP contribution in [0.25, 0.3) is 0 Å². The summed E-state index contributed by atoms with van der Waals surface area (Å²) in [5, 5.41) is 153. The van der Waals surface area contributed by atoms with Crippen molar-refractivity contribution in [2.45, 2.75) is 62.3 Å². The molecule has 0 amide bonds. The summed E-state index contributed by atoms with van der Waals surface area (Å²) < 4.78 is 8.19. The average Bonchev–Trinajstić information content (AvgIpc) is 2.66. The van der Waals surface area contributed by atoms with E-state index < -0.39 is 98.7 Å². The van der Waals surface area contributed by atoms with Crippen LogP contribution in [0.2, 0.25) is 0 Å². The Morgan fingerprint density at radius 3 is 1.66 bits per heavy atom. The van der Waals surface area contributed by atoms with E-state index in [-0.39, 0.29) is 6.42 Å². The third-order valence-electron chi connectivity index (χ3n) is 6.05. The van der Waals surface area contributed by atoms with Crippen molar-refractivity contribution in [3.05, 3.63) is 11.1 Å². The van der Waals surface area contributed by atoms with Gasteiger partial charge in [0.25, 0.3) is 11.7 Å². The molecule has 0 aromatic heterocycles. The lowest BCUT2D eigenvalue weighted by atomic mass is 9.72. The Morgan fingerprint density at radius 1 is 0.842 bits per heavy atom. The van der Waals surface area contributed by atoms with Crippen LogP contribution in [0, 0.1) is 11.8 Å². The summed E-state index contributed by atoms with van der Waals surface area (Å²) in [7, 11) is 0. The molecule has 0 aliphatic carbocycles. The smallest absolute Gasteiger partial charge is 0.453 e. The number of fused-ring (bicyclic) bond motifs is 3. The number of hydrogen-bond acceptors (Lipinski definition) is 19. The van der Waals surface area contributed by atoms with E-state index in [1.165, 1.54) is 13.8 Å². The molecule has 1 saturated heterocycles. The normalized spacial score (nSPS) is 26.6. The minimum Gasteiger partial charge on any atom is -0.504 e. The monoisotopic (exact) mass is 557 g/mol. The standard InChI is InChI=1S/C19H27NO18/c1-5(2)3-6-7(21)4-14(24)8-9(15(25,26)17(29,30)20(14)16(6,27)28)11(23)13(38-19(34,35)36)12(10(8)22)37-18(31,32)33/h5-6,22-36H,3-4H2,1-2H3. The van der Waals surface area contributed by atoms with Crippen LogP contribution in [-0.2, 0) is 16.3 Å². The lowest BCUT2D eigenvalue weighted by Gasteiger charge is -2.61. The lowest BCUT2D eigenvalue weighted by Crippen LogP contribution is -2.82. The fourth-order valence-electron chi connectivity index (χ4n) is 4.73. The number of carbonyl (C=O) groups excluding carboxylic acids is 1. The van der Waals surface area contributed by atoms with Gasteiger partial charge in [0, 0.05) is 0 Å². The largest absolute Gasteiger partial charge is 0.504 e. The first-order chi connectivity index (χ1) is 16.8. The minimum absolute atomic E-state index is 0.378. The molecule has 2 unspecified atom stereocenters. The maximum atomic E-state index is 12.9. The van der Waals surface area contributed by atoms with Crippen LogP contribution in [0.5, 0.6) is 23.0 Å². The molecule has 15 N–H and O–H groups in total. The number of ether oxygens (including phenoxy) is 2. The van der Waals surface area contributed by atoms with Gasteiger partial charge >= 0.3 is 12.3 Å². The zero-order valence-electron chi connectivity index (χ0n) is 19.4.